The average molecular weight is 2060 g/mol. The van der Waals surface area contributed by atoms with Gasteiger partial charge >= 0.3 is 0 Å². The quantitative estimate of drug-likeness (QED) is 0.0412. The predicted octanol–water partition coefficient (Wildman–Crippen LogP) is 47.8. The Kier molecular flexibility index (Phi) is 98.4. The second-order valence-corrected chi connectivity index (χ2v) is 46.2. The number of aromatic nitrogens is 3. The molecule has 2 N–H and O–H groups in total. The number of aryl methyl sites for hydroxylation is 1. The van der Waals surface area contributed by atoms with Crippen molar-refractivity contribution in [3.8, 4) is 45.9 Å². The lowest BCUT2D eigenvalue weighted by Crippen LogP contribution is -2.09. The Hall–Kier alpha value is -4.93. The number of anilines is 4. The number of hydrogen-bond acceptors (Lipinski definition) is 11. The summed E-state index contributed by atoms with van der Waals surface area (Å²) in [6.45, 7) is 19.8. The molecule has 4 rings (SSSR count). The summed E-state index contributed by atoms with van der Waals surface area (Å²) < 4.78 is 42.4. The molecule has 1 heterocycles. The summed E-state index contributed by atoms with van der Waals surface area (Å²) in [5, 5.41) is 7.56. The number of ether oxygens (including phenoxy) is 6. The molecule has 4 aromatic rings. The molecule has 0 aliphatic rings. The third-order valence-electron chi connectivity index (χ3n) is 31.8. The first-order chi connectivity index (χ1) is 73.5. The van der Waals surface area contributed by atoms with Crippen molar-refractivity contribution in [2.75, 3.05) is 50.3 Å². The number of nitrogens with zero attached hydrogens (tertiary/aromatic N) is 3. The van der Waals surface area contributed by atoms with Gasteiger partial charge in [0.05, 0.1) is 39.6 Å². The van der Waals surface area contributed by atoms with Crippen molar-refractivity contribution in [1.29, 1.82) is 0 Å². The molecule has 0 bridgehead atoms. The second kappa shape index (κ2) is 108. The van der Waals surface area contributed by atoms with Crippen LogP contribution in [0.1, 0.15) is 709 Å². The molecule has 0 radical (unpaired) electrons. The van der Waals surface area contributed by atoms with E-state index in [1.165, 1.54) is 583 Å². The van der Waals surface area contributed by atoms with Crippen LogP contribution in [0.15, 0.2) is 48.5 Å². The normalized spacial score (nSPS) is 11.6. The van der Waals surface area contributed by atoms with Crippen LogP contribution in [0.2, 0.25) is 0 Å². The zero-order valence-electron chi connectivity index (χ0n) is 100.0. The topological polar surface area (TPSA) is 118 Å². The summed E-state index contributed by atoms with van der Waals surface area (Å²) in [6, 6.07) is 17.2. The summed E-state index contributed by atoms with van der Waals surface area (Å²) in [6.07, 6.45) is 138. The van der Waals surface area contributed by atoms with Crippen LogP contribution in [0, 0.1) is 0 Å². The number of rotatable bonds is 120. The minimum Gasteiger partial charge on any atom is -0.489 e. The third-order valence-corrected chi connectivity index (χ3v) is 31.8. The van der Waals surface area contributed by atoms with E-state index in [0.717, 1.165) is 112 Å². The Bertz CT molecular complexity index is 3070. The van der Waals surface area contributed by atoms with Crippen molar-refractivity contribution in [1.82, 2.24) is 15.0 Å². The molecule has 0 aliphatic heterocycles. The lowest BCUT2D eigenvalue weighted by Gasteiger charge is -2.20. The molecule has 858 valence electrons. The minimum atomic E-state index is 0.419. The monoisotopic (exact) mass is 2060 g/mol. The van der Waals surface area contributed by atoms with Crippen LogP contribution in [0.5, 0.6) is 34.5 Å². The first kappa shape index (κ1) is 135. The molecule has 11 heteroatoms. The highest BCUT2D eigenvalue weighted by Crippen LogP contribution is 2.45. The summed E-state index contributed by atoms with van der Waals surface area (Å²) in [7, 11) is 0. The number of benzene rings is 3. The van der Waals surface area contributed by atoms with Gasteiger partial charge in [-0.15, -0.1) is 0 Å². The van der Waals surface area contributed by atoms with Gasteiger partial charge in [0.1, 0.15) is 0 Å². The van der Waals surface area contributed by atoms with Crippen LogP contribution in [0.3, 0.4) is 0 Å². The van der Waals surface area contributed by atoms with E-state index in [2.05, 4.69) is 108 Å². The molecule has 0 amide bonds. The molecule has 148 heavy (non-hydrogen) atoms. The maximum absolute atomic E-state index is 7.07. The number of hydrogen-bond donors (Lipinski definition) is 2. The Morgan fingerprint density at radius 2 is 0.304 bits per heavy atom. The zero-order chi connectivity index (χ0) is 105. The lowest BCUT2D eigenvalue weighted by molar-refractivity contribution is 0.234. The van der Waals surface area contributed by atoms with E-state index in [9.17, 15) is 0 Å². The average Bonchev–Trinajstić information content (AvgIpc) is 0.798. The van der Waals surface area contributed by atoms with Gasteiger partial charge in [-0.25, -0.2) is 0 Å². The lowest BCUT2D eigenvalue weighted by atomic mass is 10.0. The van der Waals surface area contributed by atoms with Gasteiger partial charge in [0.15, 0.2) is 28.8 Å². The van der Waals surface area contributed by atoms with Crippen LogP contribution in [0.25, 0.3) is 11.4 Å². The Balaban J connectivity index is 1.69. The van der Waals surface area contributed by atoms with Crippen molar-refractivity contribution in [2.45, 2.75) is 710 Å². The molecule has 11 nitrogen and oxygen atoms in total. The molecule has 0 aliphatic carbocycles. The molecule has 0 spiro atoms. The van der Waals surface area contributed by atoms with E-state index in [4.69, 9.17) is 43.4 Å². The van der Waals surface area contributed by atoms with Crippen molar-refractivity contribution < 1.29 is 28.4 Å². The van der Waals surface area contributed by atoms with E-state index in [-0.39, 0.29) is 0 Å². The fourth-order valence-electron chi connectivity index (χ4n) is 21.8. The van der Waals surface area contributed by atoms with E-state index >= 15 is 0 Å². The fraction of sp³-hybridized carbons (Fsp3) is 0.847. The highest BCUT2D eigenvalue weighted by molar-refractivity contribution is 5.70. The Labute approximate surface area is 920 Å². The highest BCUT2D eigenvalue weighted by atomic mass is 16.5. The van der Waals surface area contributed by atoms with Gasteiger partial charge in [0.2, 0.25) is 23.4 Å². The summed E-state index contributed by atoms with van der Waals surface area (Å²) in [4.78, 5) is 16.0. The molecule has 0 fully saturated rings. The van der Waals surface area contributed by atoms with Gasteiger partial charge < -0.3 is 39.1 Å². The summed E-state index contributed by atoms with van der Waals surface area (Å²) in [5.41, 5.74) is 3.75. The van der Waals surface area contributed by atoms with E-state index in [0.29, 0.717) is 80.4 Å². The molecular weight excluding hydrogens is 1810 g/mol. The second-order valence-electron chi connectivity index (χ2n) is 46.2. The summed E-state index contributed by atoms with van der Waals surface area (Å²) in [5.74, 6) is 5.70. The zero-order valence-corrected chi connectivity index (χ0v) is 100.0. The highest BCUT2D eigenvalue weighted by Gasteiger charge is 2.22. The molecule has 1 aromatic heterocycles. The smallest absolute Gasteiger partial charge is 0.232 e. The van der Waals surface area contributed by atoms with Gasteiger partial charge in [-0.3, -0.25) is 0 Å². The standard InChI is InChI=1S/C137H249N5O6/c1-8-15-21-27-33-39-45-51-57-63-69-75-81-87-93-99-105-115-143-129-121-127(122-130(144-116-106-100-94-88-82-76-70-64-58-52-46-40-34-28-22-16-9-2)133(129)147-119-109-103-97-91-85-79-73-67-61-55-49-43-37-31-25-19-12-5)138-136-140-135(126-113-111-125(14-7)112-114-126)141-137(142-136)139-128-123-131(145-117-107-101-95-89-83-77-71-65-59-53-47-41-35-29-23-17-10-3)134(148-120-110-104-98-92-86-80-74-68-62-56-50-44-38-32-26-20-13-6)132(124-128)146-118-108-102-96-90-84-78-72-66-60-54-48-42-36-30-24-18-11-4/h111-114,121-124H,8-110,115-120H2,1-7H3,(H2,138,139,140,141,142). The SMILES string of the molecule is CCCCCCCCCCCCCCCCCCCOc1cc(Nc2nc(Nc3cc(OCCCCCCCCCCCCCCCCCCC)c(OCCCCCCCCCCCCCCCCCCC)c(OCCCCCCCCCCCCCCCCCCC)c3)nc(-c3ccc(CC)cc3)n2)cc(OCCCCCCCCCCCCCCCCCCC)c1OCCCCCCCCCCCCCCCCCCC. The van der Waals surface area contributed by atoms with Crippen molar-refractivity contribution in [3.05, 3.63) is 54.1 Å². The molecule has 0 saturated carbocycles. The van der Waals surface area contributed by atoms with Crippen LogP contribution in [-0.4, -0.2) is 54.6 Å². The largest absolute Gasteiger partial charge is 0.489 e. The Morgan fingerprint density at radius 1 is 0.162 bits per heavy atom. The molecule has 0 unspecified atom stereocenters. The van der Waals surface area contributed by atoms with E-state index < -0.39 is 0 Å². The predicted molar refractivity (Wildman–Crippen MR) is 652 cm³/mol. The Morgan fingerprint density at radius 3 is 0.453 bits per heavy atom. The van der Waals surface area contributed by atoms with Crippen LogP contribution < -0.4 is 39.1 Å². The first-order valence-electron chi connectivity index (χ1n) is 67.0. The van der Waals surface area contributed by atoms with Crippen LogP contribution in [0.4, 0.5) is 23.3 Å². The first-order valence-corrected chi connectivity index (χ1v) is 67.0. The maximum atomic E-state index is 7.07. The molecule has 0 atom stereocenters. The van der Waals surface area contributed by atoms with Crippen LogP contribution in [-0.2, 0) is 6.42 Å². The van der Waals surface area contributed by atoms with E-state index in [1.54, 1.807) is 0 Å². The van der Waals surface area contributed by atoms with Crippen LogP contribution >= 0.6 is 0 Å². The fourth-order valence-corrected chi connectivity index (χ4v) is 21.8. The van der Waals surface area contributed by atoms with Gasteiger partial charge in [-0.2, -0.15) is 15.0 Å². The number of unbranched alkanes of at least 4 members (excludes halogenated alkanes) is 96. The molecular formula is C137H249N5O6. The van der Waals surface area contributed by atoms with Gasteiger partial charge in [0.25, 0.3) is 0 Å². The van der Waals surface area contributed by atoms with Gasteiger partial charge in [0, 0.05) is 41.2 Å². The number of nitrogens with one attached hydrogen (secondary N) is 2. The van der Waals surface area contributed by atoms with Gasteiger partial charge in [-0.05, 0) is 50.5 Å². The minimum absolute atomic E-state index is 0.419. The maximum Gasteiger partial charge on any atom is 0.232 e. The third kappa shape index (κ3) is 82.6. The van der Waals surface area contributed by atoms with E-state index in [1.807, 2.05) is 0 Å². The molecule has 0 saturated heterocycles. The van der Waals surface area contributed by atoms with Crippen molar-refractivity contribution >= 4 is 23.3 Å². The summed E-state index contributed by atoms with van der Waals surface area (Å²) >= 11 is 0. The van der Waals surface area contributed by atoms with Crippen molar-refractivity contribution in [2.24, 2.45) is 0 Å². The van der Waals surface area contributed by atoms with Gasteiger partial charge in [-0.1, -0.05) is 689 Å². The van der Waals surface area contributed by atoms with Crippen molar-refractivity contribution in [3.63, 3.8) is 0 Å². The molecule has 3 aromatic carbocycles.